The van der Waals surface area contributed by atoms with Crippen LogP contribution in [0.3, 0.4) is 0 Å². The molecule has 1 rings (SSSR count). The molecule has 0 saturated heterocycles. The number of ether oxygens (including phenoxy) is 1. The van der Waals surface area contributed by atoms with Gasteiger partial charge in [0.25, 0.3) is 0 Å². The number of nitrogens with zero attached hydrogens (tertiary/aromatic N) is 1. The van der Waals surface area contributed by atoms with Gasteiger partial charge in [-0.15, -0.1) is 0 Å². The number of benzene rings is 1. The third-order valence-corrected chi connectivity index (χ3v) is 3.46. The van der Waals surface area contributed by atoms with Crippen LogP contribution < -0.4 is 4.74 Å². The van der Waals surface area contributed by atoms with Gasteiger partial charge in [0.1, 0.15) is 5.75 Å². The molecule has 1 aromatic rings. The fourth-order valence-corrected chi connectivity index (χ4v) is 2.24. The Morgan fingerprint density at radius 1 is 1.33 bits per heavy atom. The molecule has 0 unspecified atom stereocenters. The third-order valence-electron chi connectivity index (χ3n) is 2.84. The SMILES string of the molecule is Cc1ccc(OCCCCC(C)(C)C#N)c(Br)c1. The van der Waals surface area contributed by atoms with E-state index in [1.54, 1.807) is 0 Å². The summed E-state index contributed by atoms with van der Waals surface area (Å²) in [4.78, 5) is 0. The molecule has 0 N–H and O–H groups in total. The fraction of sp³-hybridized carbons (Fsp3) is 0.533. The zero-order valence-corrected chi connectivity index (χ0v) is 12.9. The maximum Gasteiger partial charge on any atom is 0.133 e. The second-order valence-electron chi connectivity index (χ2n) is 5.24. The van der Waals surface area contributed by atoms with Crippen molar-refractivity contribution < 1.29 is 4.74 Å². The van der Waals surface area contributed by atoms with Crippen LogP contribution >= 0.6 is 15.9 Å². The third kappa shape index (κ3) is 5.10. The molecule has 0 saturated carbocycles. The maximum absolute atomic E-state index is 8.90. The lowest BCUT2D eigenvalue weighted by atomic mass is 9.89. The first kappa shape index (κ1) is 15.0. The lowest BCUT2D eigenvalue weighted by Gasteiger charge is -2.14. The van der Waals surface area contributed by atoms with Gasteiger partial charge in [0, 0.05) is 0 Å². The number of hydrogen-bond acceptors (Lipinski definition) is 2. The summed E-state index contributed by atoms with van der Waals surface area (Å²) in [6, 6.07) is 8.39. The van der Waals surface area contributed by atoms with Gasteiger partial charge in [0.2, 0.25) is 0 Å². The zero-order chi connectivity index (χ0) is 13.6. The lowest BCUT2D eigenvalue weighted by molar-refractivity contribution is 0.293. The van der Waals surface area contributed by atoms with Gasteiger partial charge in [-0.3, -0.25) is 0 Å². The van der Waals surface area contributed by atoms with E-state index in [1.807, 2.05) is 32.0 Å². The number of aryl methyl sites for hydroxylation is 1. The van der Waals surface area contributed by atoms with Gasteiger partial charge in [0.05, 0.1) is 22.6 Å². The van der Waals surface area contributed by atoms with Crippen molar-refractivity contribution in [1.82, 2.24) is 0 Å². The van der Waals surface area contributed by atoms with Crippen molar-refractivity contribution in [2.75, 3.05) is 6.61 Å². The lowest BCUT2D eigenvalue weighted by Crippen LogP contribution is -2.08. The normalized spacial score (nSPS) is 11.1. The van der Waals surface area contributed by atoms with E-state index in [2.05, 4.69) is 28.9 Å². The second kappa shape index (κ2) is 6.80. The van der Waals surface area contributed by atoms with E-state index >= 15 is 0 Å². The minimum atomic E-state index is -0.218. The number of nitriles is 1. The van der Waals surface area contributed by atoms with Crippen molar-refractivity contribution in [2.45, 2.75) is 40.0 Å². The van der Waals surface area contributed by atoms with E-state index in [4.69, 9.17) is 10.00 Å². The molecule has 0 aliphatic carbocycles. The number of unbranched alkanes of at least 4 members (excludes halogenated alkanes) is 1. The molecular formula is C15H20BrNO. The van der Waals surface area contributed by atoms with Crippen LogP contribution in [0.4, 0.5) is 0 Å². The molecule has 98 valence electrons. The summed E-state index contributed by atoms with van der Waals surface area (Å²) in [5, 5.41) is 8.90. The summed E-state index contributed by atoms with van der Waals surface area (Å²) in [5.41, 5.74) is 0.995. The van der Waals surface area contributed by atoms with Crippen molar-refractivity contribution in [3.8, 4) is 11.8 Å². The Balaban J connectivity index is 2.29. The molecule has 0 aromatic heterocycles. The van der Waals surface area contributed by atoms with Gasteiger partial charge in [-0.2, -0.15) is 5.26 Å². The highest BCUT2D eigenvalue weighted by Crippen LogP contribution is 2.26. The van der Waals surface area contributed by atoms with Gasteiger partial charge in [-0.05, 0) is 73.7 Å². The van der Waals surface area contributed by atoms with E-state index in [0.717, 1.165) is 29.5 Å². The average Bonchev–Trinajstić information content (AvgIpc) is 2.31. The molecule has 0 spiro atoms. The van der Waals surface area contributed by atoms with Gasteiger partial charge < -0.3 is 4.74 Å². The predicted molar refractivity (Wildman–Crippen MR) is 77.6 cm³/mol. The van der Waals surface area contributed by atoms with E-state index in [0.29, 0.717) is 6.61 Å². The van der Waals surface area contributed by atoms with E-state index < -0.39 is 0 Å². The monoisotopic (exact) mass is 309 g/mol. The van der Waals surface area contributed by atoms with Gasteiger partial charge >= 0.3 is 0 Å². The van der Waals surface area contributed by atoms with Crippen molar-refractivity contribution >= 4 is 15.9 Å². The predicted octanol–water partition coefficient (Wildman–Crippen LogP) is 4.86. The van der Waals surface area contributed by atoms with Crippen LogP contribution in [0, 0.1) is 23.7 Å². The molecule has 0 aliphatic heterocycles. The molecule has 18 heavy (non-hydrogen) atoms. The van der Waals surface area contributed by atoms with Crippen molar-refractivity contribution in [1.29, 1.82) is 5.26 Å². The largest absolute Gasteiger partial charge is 0.492 e. The Labute approximate surface area is 118 Å². The molecule has 3 heteroatoms. The first-order valence-electron chi connectivity index (χ1n) is 6.25. The minimum Gasteiger partial charge on any atom is -0.492 e. The highest BCUT2D eigenvalue weighted by molar-refractivity contribution is 9.10. The van der Waals surface area contributed by atoms with Crippen LogP contribution in [-0.4, -0.2) is 6.61 Å². The molecule has 0 heterocycles. The van der Waals surface area contributed by atoms with Crippen LogP contribution in [0.25, 0.3) is 0 Å². The minimum absolute atomic E-state index is 0.218. The summed E-state index contributed by atoms with van der Waals surface area (Å²) in [6.45, 7) is 6.70. The van der Waals surface area contributed by atoms with E-state index in [1.165, 1.54) is 5.56 Å². The van der Waals surface area contributed by atoms with Crippen LogP contribution in [0.2, 0.25) is 0 Å². The molecular weight excluding hydrogens is 290 g/mol. The zero-order valence-electron chi connectivity index (χ0n) is 11.3. The molecule has 1 aromatic carbocycles. The molecule has 0 aliphatic rings. The van der Waals surface area contributed by atoms with Crippen LogP contribution in [0.5, 0.6) is 5.75 Å². The van der Waals surface area contributed by atoms with Gasteiger partial charge in [-0.1, -0.05) is 6.07 Å². The molecule has 0 amide bonds. The number of hydrogen-bond donors (Lipinski definition) is 0. The maximum atomic E-state index is 8.90. The van der Waals surface area contributed by atoms with Crippen molar-refractivity contribution in [3.05, 3.63) is 28.2 Å². The Bertz CT molecular complexity index is 435. The quantitative estimate of drug-likeness (QED) is 0.703. The molecule has 0 radical (unpaired) electrons. The van der Waals surface area contributed by atoms with Crippen LogP contribution in [-0.2, 0) is 0 Å². The Hall–Kier alpha value is -1.01. The number of halogens is 1. The summed E-state index contributed by atoms with van der Waals surface area (Å²) in [5.74, 6) is 0.889. The summed E-state index contributed by atoms with van der Waals surface area (Å²) < 4.78 is 6.71. The average molecular weight is 310 g/mol. The Morgan fingerprint density at radius 3 is 2.67 bits per heavy atom. The standard InChI is InChI=1S/C15H20BrNO/c1-12-6-7-14(13(16)10-12)18-9-5-4-8-15(2,3)11-17/h6-7,10H,4-5,8-9H2,1-3H3. The molecule has 0 bridgehead atoms. The van der Waals surface area contributed by atoms with Crippen molar-refractivity contribution in [3.63, 3.8) is 0 Å². The highest BCUT2D eigenvalue weighted by Gasteiger charge is 2.15. The molecule has 0 fully saturated rings. The summed E-state index contributed by atoms with van der Waals surface area (Å²) in [6.07, 6.45) is 2.91. The van der Waals surface area contributed by atoms with Crippen molar-refractivity contribution in [2.24, 2.45) is 5.41 Å². The topological polar surface area (TPSA) is 33.0 Å². The van der Waals surface area contributed by atoms with E-state index in [-0.39, 0.29) is 5.41 Å². The first-order valence-corrected chi connectivity index (χ1v) is 7.04. The van der Waals surface area contributed by atoms with Gasteiger partial charge in [-0.25, -0.2) is 0 Å². The van der Waals surface area contributed by atoms with Crippen LogP contribution in [0.1, 0.15) is 38.7 Å². The summed E-state index contributed by atoms with van der Waals surface area (Å²) >= 11 is 3.49. The number of rotatable bonds is 6. The Kier molecular flexibility index (Phi) is 5.68. The fourth-order valence-electron chi connectivity index (χ4n) is 1.63. The smallest absolute Gasteiger partial charge is 0.133 e. The highest BCUT2D eigenvalue weighted by atomic mass is 79.9. The van der Waals surface area contributed by atoms with Crippen LogP contribution in [0.15, 0.2) is 22.7 Å². The molecule has 2 nitrogen and oxygen atoms in total. The second-order valence-corrected chi connectivity index (χ2v) is 6.09. The Morgan fingerprint density at radius 2 is 2.06 bits per heavy atom. The van der Waals surface area contributed by atoms with Gasteiger partial charge in [0.15, 0.2) is 0 Å². The first-order chi connectivity index (χ1) is 8.44. The molecule has 0 atom stereocenters. The summed E-state index contributed by atoms with van der Waals surface area (Å²) in [7, 11) is 0. The van der Waals surface area contributed by atoms with E-state index in [9.17, 15) is 0 Å².